The van der Waals surface area contributed by atoms with Gasteiger partial charge in [0.1, 0.15) is 6.54 Å². The molecule has 174 valence electrons. The summed E-state index contributed by atoms with van der Waals surface area (Å²) in [6.45, 7) is 7.32. The Hall–Kier alpha value is -3.17. The highest BCUT2D eigenvalue weighted by Crippen LogP contribution is 2.23. The largest absolute Gasteiger partial charge is 0.372 e. The van der Waals surface area contributed by atoms with E-state index in [1.165, 1.54) is 24.3 Å². The number of anilines is 2. The summed E-state index contributed by atoms with van der Waals surface area (Å²) >= 11 is 5.82. The van der Waals surface area contributed by atoms with Crippen molar-refractivity contribution in [1.82, 2.24) is 9.78 Å². The van der Waals surface area contributed by atoms with Crippen LogP contribution in [0.3, 0.4) is 0 Å². The van der Waals surface area contributed by atoms with Crippen LogP contribution in [0.4, 0.5) is 11.4 Å². The molecule has 8 nitrogen and oxygen atoms in total. The summed E-state index contributed by atoms with van der Waals surface area (Å²) < 4.78 is 26.5. The van der Waals surface area contributed by atoms with Gasteiger partial charge in [-0.25, -0.2) is 13.1 Å². The summed E-state index contributed by atoms with van der Waals surface area (Å²) in [5.74, 6) is -0.496. The van der Waals surface area contributed by atoms with Crippen LogP contribution in [0.2, 0.25) is 5.02 Å². The minimum atomic E-state index is -3.98. The van der Waals surface area contributed by atoms with E-state index < -0.39 is 27.8 Å². The minimum absolute atomic E-state index is 0.0158. The van der Waals surface area contributed by atoms with Gasteiger partial charge in [-0.15, -0.1) is 0 Å². The van der Waals surface area contributed by atoms with Crippen molar-refractivity contribution in [2.24, 2.45) is 0 Å². The zero-order chi connectivity index (χ0) is 24.2. The molecular weight excluding hydrogens is 464 g/mol. The van der Waals surface area contributed by atoms with Crippen LogP contribution < -0.4 is 15.8 Å². The van der Waals surface area contributed by atoms with Crippen LogP contribution in [-0.2, 0) is 21.2 Å². The zero-order valence-corrected chi connectivity index (χ0v) is 20.2. The van der Waals surface area contributed by atoms with Gasteiger partial charge in [-0.3, -0.25) is 9.59 Å². The first-order valence-electron chi connectivity index (χ1n) is 10.4. The van der Waals surface area contributed by atoms with E-state index in [0.717, 1.165) is 41.2 Å². The predicted molar refractivity (Wildman–Crippen MR) is 129 cm³/mol. The molecular formula is C23H25ClN4O4S. The second-order valence-corrected chi connectivity index (χ2v) is 9.68. The molecule has 0 saturated carbocycles. The van der Waals surface area contributed by atoms with E-state index in [4.69, 9.17) is 11.6 Å². The van der Waals surface area contributed by atoms with Gasteiger partial charge in [0, 0.05) is 35.6 Å². The molecule has 0 unspecified atom stereocenters. The van der Waals surface area contributed by atoms with Gasteiger partial charge in [-0.2, -0.15) is 5.10 Å². The van der Waals surface area contributed by atoms with E-state index in [-0.39, 0.29) is 9.92 Å². The molecule has 1 aromatic heterocycles. The normalized spacial score (nSPS) is 11.3. The van der Waals surface area contributed by atoms with E-state index in [0.29, 0.717) is 10.7 Å². The van der Waals surface area contributed by atoms with E-state index in [2.05, 4.69) is 29.2 Å². The monoisotopic (exact) mass is 488 g/mol. The molecule has 0 radical (unpaired) electrons. The fourth-order valence-corrected chi connectivity index (χ4v) is 4.64. The number of hydrogen-bond acceptors (Lipinski definition) is 6. The fraction of sp³-hybridized carbons (Fsp3) is 0.261. The lowest BCUT2D eigenvalue weighted by atomic mass is 10.1. The number of amides is 1. The molecule has 3 aromatic rings. The number of halogens is 1. The molecule has 2 aromatic carbocycles. The maximum atomic E-state index is 12.8. The number of aromatic nitrogens is 2. The third kappa shape index (κ3) is 5.61. The highest BCUT2D eigenvalue weighted by molar-refractivity contribution is 7.91. The van der Waals surface area contributed by atoms with Gasteiger partial charge < -0.3 is 10.2 Å². The number of benzene rings is 2. The SMILES string of the molecule is CCN(CC)c1ccc(NC(=O)Cn2nc(S(=O)(=O)c3ccc(Cl)cc3)ccc2=O)c(C)c1. The van der Waals surface area contributed by atoms with E-state index >= 15 is 0 Å². The molecule has 0 atom stereocenters. The second kappa shape index (κ2) is 10.2. The van der Waals surface area contributed by atoms with Crippen molar-refractivity contribution in [3.05, 3.63) is 75.5 Å². The Bertz CT molecular complexity index is 1320. The van der Waals surface area contributed by atoms with E-state index in [1.807, 2.05) is 19.1 Å². The maximum absolute atomic E-state index is 12.8. The Morgan fingerprint density at radius 3 is 2.33 bits per heavy atom. The standard InChI is InChI=1S/C23H25ClN4O4S/c1-4-27(5-2)18-8-11-20(16(3)14-18)25-21(29)15-28-23(30)13-12-22(26-28)33(31,32)19-9-6-17(24)7-10-19/h6-14H,4-5,15H2,1-3H3,(H,25,29). The van der Waals surface area contributed by atoms with Gasteiger partial charge in [0.2, 0.25) is 15.7 Å². The molecule has 3 rings (SSSR count). The Labute approximate surface area is 197 Å². The average molecular weight is 489 g/mol. The molecule has 0 saturated heterocycles. The smallest absolute Gasteiger partial charge is 0.267 e. The molecule has 1 N–H and O–H groups in total. The number of carbonyl (C=O) groups excluding carboxylic acids is 1. The first kappa shape index (κ1) is 24.5. The third-order valence-electron chi connectivity index (χ3n) is 5.15. The minimum Gasteiger partial charge on any atom is -0.372 e. The van der Waals surface area contributed by atoms with Crippen LogP contribution in [0.15, 0.2) is 69.3 Å². The molecule has 0 fully saturated rings. The quantitative estimate of drug-likeness (QED) is 0.520. The second-order valence-electron chi connectivity index (χ2n) is 7.34. The van der Waals surface area contributed by atoms with Crippen molar-refractivity contribution < 1.29 is 13.2 Å². The number of nitrogens with one attached hydrogen (secondary N) is 1. The highest BCUT2D eigenvalue weighted by Gasteiger charge is 2.21. The summed E-state index contributed by atoms with van der Waals surface area (Å²) in [6, 6.07) is 13.5. The van der Waals surface area contributed by atoms with Crippen molar-refractivity contribution >= 4 is 38.7 Å². The number of carbonyl (C=O) groups is 1. The van der Waals surface area contributed by atoms with Crippen molar-refractivity contribution in [3.8, 4) is 0 Å². The third-order valence-corrected chi connectivity index (χ3v) is 7.06. The lowest BCUT2D eigenvalue weighted by molar-refractivity contribution is -0.117. The number of nitrogens with zero attached hydrogens (tertiary/aromatic N) is 3. The van der Waals surface area contributed by atoms with Gasteiger partial charge >= 0.3 is 0 Å². The number of sulfone groups is 1. The molecule has 0 spiro atoms. The van der Waals surface area contributed by atoms with Gasteiger partial charge in [0.05, 0.1) is 4.90 Å². The van der Waals surface area contributed by atoms with Gasteiger partial charge in [-0.1, -0.05) is 11.6 Å². The van der Waals surface area contributed by atoms with Crippen LogP contribution in [0.1, 0.15) is 19.4 Å². The number of hydrogen-bond donors (Lipinski definition) is 1. The highest BCUT2D eigenvalue weighted by atomic mass is 35.5. The fourth-order valence-electron chi connectivity index (χ4n) is 3.32. The van der Waals surface area contributed by atoms with Gasteiger partial charge in [-0.05, 0) is 74.9 Å². The lowest BCUT2D eigenvalue weighted by Crippen LogP contribution is -2.30. The molecule has 1 heterocycles. The Morgan fingerprint density at radius 1 is 1.06 bits per heavy atom. The molecule has 0 bridgehead atoms. The maximum Gasteiger partial charge on any atom is 0.267 e. The molecule has 33 heavy (non-hydrogen) atoms. The van der Waals surface area contributed by atoms with Crippen molar-refractivity contribution in [3.63, 3.8) is 0 Å². The van der Waals surface area contributed by atoms with Crippen molar-refractivity contribution in [2.45, 2.75) is 37.2 Å². The molecule has 0 aliphatic heterocycles. The van der Waals surface area contributed by atoms with Crippen molar-refractivity contribution in [2.75, 3.05) is 23.3 Å². The van der Waals surface area contributed by atoms with Crippen LogP contribution in [-0.4, -0.2) is 37.2 Å². The first-order chi connectivity index (χ1) is 15.6. The molecule has 1 amide bonds. The summed E-state index contributed by atoms with van der Waals surface area (Å²) in [7, 11) is -3.98. The summed E-state index contributed by atoms with van der Waals surface area (Å²) in [6.07, 6.45) is 0. The first-order valence-corrected chi connectivity index (χ1v) is 12.3. The van der Waals surface area contributed by atoms with Gasteiger partial charge in [0.15, 0.2) is 5.03 Å². The molecule has 0 aliphatic carbocycles. The van der Waals surface area contributed by atoms with Crippen LogP contribution in [0.25, 0.3) is 0 Å². The molecule has 10 heteroatoms. The lowest BCUT2D eigenvalue weighted by Gasteiger charge is -2.22. The summed E-state index contributed by atoms with van der Waals surface area (Å²) in [5, 5.41) is 6.74. The van der Waals surface area contributed by atoms with Crippen LogP contribution in [0.5, 0.6) is 0 Å². The number of rotatable bonds is 8. The average Bonchev–Trinajstić information content (AvgIpc) is 2.78. The van der Waals surface area contributed by atoms with Crippen LogP contribution in [0, 0.1) is 6.92 Å². The van der Waals surface area contributed by atoms with Crippen molar-refractivity contribution in [1.29, 1.82) is 0 Å². The van der Waals surface area contributed by atoms with E-state index in [1.54, 1.807) is 6.07 Å². The summed E-state index contributed by atoms with van der Waals surface area (Å²) in [5.41, 5.74) is 1.93. The summed E-state index contributed by atoms with van der Waals surface area (Å²) in [4.78, 5) is 27.0. The Morgan fingerprint density at radius 2 is 1.73 bits per heavy atom. The topological polar surface area (TPSA) is 101 Å². The Balaban J connectivity index is 1.81. The molecule has 0 aliphatic rings. The zero-order valence-electron chi connectivity index (χ0n) is 18.6. The predicted octanol–water partition coefficient (Wildman–Crippen LogP) is 3.52. The van der Waals surface area contributed by atoms with Gasteiger partial charge in [0.25, 0.3) is 5.56 Å². The number of aryl methyl sites for hydroxylation is 1. The Kier molecular flexibility index (Phi) is 7.55. The van der Waals surface area contributed by atoms with Crippen LogP contribution >= 0.6 is 11.6 Å². The van der Waals surface area contributed by atoms with E-state index in [9.17, 15) is 18.0 Å².